The number of benzene rings is 3. The number of halogens is 1. The molecule has 0 aliphatic heterocycles. The molecule has 0 aliphatic rings. The highest BCUT2D eigenvalue weighted by molar-refractivity contribution is 6.20. The lowest BCUT2D eigenvalue weighted by Gasteiger charge is -2.25. The van der Waals surface area contributed by atoms with E-state index in [0.717, 1.165) is 23.6 Å². The molecule has 0 spiro atoms. The van der Waals surface area contributed by atoms with Crippen molar-refractivity contribution in [1.29, 1.82) is 0 Å². The molecular formula is C35H34FN5O3. The Bertz CT molecular complexity index is 1730. The van der Waals surface area contributed by atoms with Gasteiger partial charge in [0.05, 0.1) is 22.4 Å². The minimum atomic E-state index is -3.17. The Morgan fingerprint density at radius 3 is 1.70 bits per heavy atom. The van der Waals surface area contributed by atoms with Gasteiger partial charge in [0, 0.05) is 40.8 Å². The van der Waals surface area contributed by atoms with Gasteiger partial charge in [-0.1, -0.05) is 75.7 Å². The van der Waals surface area contributed by atoms with E-state index in [2.05, 4.69) is 32.8 Å². The monoisotopic (exact) mass is 591 g/mol. The molecule has 5 aromatic rings. The van der Waals surface area contributed by atoms with Gasteiger partial charge in [-0.05, 0) is 48.2 Å². The average Bonchev–Trinajstić information content (AvgIpc) is 3.01. The summed E-state index contributed by atoms with van der Waals surface area (Å²) >= 11 is 0. The number of hydrogen-bond acceptors (Lipinski definition) is 5. The fraction of sp³-hybridized carbons (Fsp3) is 0.229. The number of nitrogens with one attached hydrogen (secondary N) is 3. The lowest BCUT2D eigenvalue weighted by Crippen LogP contribution is -2.46. The molecule has 9 heteroatoms. The summed E-state index contributed by atoms with van der Waals surface area (Å²) in [6.07, 6.45) is 5.31. The second-order valence-corrected chi connectivity index (χ2v) is 11.5. The van der Waals surface area contributed by atoms with Crippen LogP contribution in [0.3, 0.4) is 0 Å². The van der Waals surface area contributed by atoms with Crippen LogP contribution in [0.5, 0.6) is 0 Å². The van der Waals surface area contributed by atoms with Crippen LogP contribution in [-0.2, 0) is 20.1 Å². The van der Waals surface area contributed by atoms with Crippen molar-refractivity contribution in [2.75, 3.05) is 16.0 Å². The third kappa shape index (κ3) is 6.41. The van der Waals surface area contributed by atoms with Crippen LogP contribution in [-0.4, -0.2) is 27.7 Å². The molecule has 0 atom stereocenters. The maximum absolute atomic E-state index is 17.2. The van der Waals surface area contributed by atoms with Crippen LogP contribution in [0.1, 0.15) is 45.6 Å². The van der Waals surface area contributed by atoms with E-state index in [1.807, 2.05) is 38.1 Å². The Morgan fingerprint density at radius 2 is 1.20 bits per heavy atom. The Balaban J connectivity index is 1.48. The topological polar surface area (TPSA) is 113 Å². The van der Waals surface area contributed by atoms with Crippen molar-refractivity contribution in [3.05, 3.63) is 103 Å². The summed E-state index contributed by atoms with van der Waals surface area (Å²) in [5.41, 5.74) is -1.71. The number of carbonyl (C=O) groups excluding carboxylic acids is 3. The Hall–Kier alpha value is -5.18. The normalized spacial score (nSPS) is 11.7. The van der Waals surface area contributed by atoms with E-state index in [1.54, 1.807) is 48.8 Å². The summed E-state index contributed by atoms with van der Waals surface area (Å²) in [7, 11) is 0. The largest absolute Gasteiger partial charge is 0.326 e. The first kappa shape index (κ1) is 30.3. The van der Waals surface area contributed by atoms with Crippen LogP contribution in [0, 0.1) is 5.41 Å². The van der Waals surface area contributed by atoms with Crippen molar-refractivity contribution >= 4 is 56.6 Å². The van der Waals surface area contributed by atoms with Crippen LogP contribution >= 0.6 is 0 Å². The van der Waals surface area contributed by atoms with Crippen molar-refractivity contribution in [2.24, 2.45) is 5.41 Å². The number of hydrogen-bond donors (Lipinski definition) is 3. The van der Waals surface area contributed by atoms with Crippen LogP contribution < -0.4 is 16.0 Å². The van der Waals surface area contributed by atoms with Crippen molar-refractivity contribution < 1.29 is 18.8 Å². The second-order valence-electron chi connectivity index (χ2n) is 11.5. The maximum Gasteiger partial charge on any atom is 0.291 e. The SMILES string of the molecule is CCCC(C)(C)CC(=O)Nc1ccc(C(F)(C(=O)Nc2cccc3cccnc23)C(=O)Nc2cccc3cccnc23)cc1. The number of aromatic nitrogens is 2. The van der Waals surface area contributed by atoms with Gasteiger partial charge in [0.15, 0.2) is 0 Å². The van der Waals surface area contributed by atoms with Crippen LogP contribution in [0.2, 0.25) is 0 Å². The number of alkyl halides is 1. The van der Waals surface area contributed by atoms with Crippen LogP contribution in [0.4, 0.5) is 21.5 Å². The lowest BCUT2D eigenvalue weighted by atomic mass is 9.84. The van der Waals surface area contributed by atoms with E-state index in [1.165, 1.54) is 24.3 Å². The molecular weight excluding hydrogens is 557 g/mol. The van der Waals surface area contributed by atoms with Gasteiger partial charge in [-0.2, -0.15) is 0 Å². The fourth-order valence-corrected chi connectivity index (χ4v) is 5.38. The number of pyridine rings is 2. The maximum atomic E-state index is 17.2. The molecule has 0 radical (unpaired) electrons. The van der Waals surface area contributed by atoms with E-state index in [9.17, 15) is 14.4 Å². The lowest BCUT2D eigenvalue weighted by molar-refractivity contribution is -0.140. The van der Waals surface area contributed by atoms with Crippen molar-refractivity contribution in [2.45, 2.75) is 45.7 Å². The van der Waals surface area contributed by atoms with E-state index in [-0.39, 0.29) is 28.3 Å². The molecule has 0 unspecified atom stereocenters. The summed E-state index contributed by atoms with van der Waals surface area (Å²) in [5, 5.41) is 9.49. The zero-order valence-electron chi connectivity index (χ0n) is 24.9. The fourth-order valence-electron chi connectivity index (χ4n) is 5.38. The molecule has 44 heavy (non-hydrogen) atoms. The summed E-state index contributed by atoms with van der Waals surface area (Å²) in [5.74, 6) is -2.57. The van der Waals surface area contributed by atoms with Gasteiger partial charge in [0.1, 0.15) is 0 Å². The molecule has 3 amide bonds. The van der Waals surface area contributed by atoms with E-state index in [0.29, 0.717) is 23.1 Å². The Labute approximate surface area is 255 Å². The van der Waals surface area contributed by atoms with Crippen LogP contribution in [0.15, 0.2) is 97.3 Å². The Morgan fingerprint density at radius 1 is 0.705 bits per heavy atom. The first-order chi connectivity index (χ1) is 21.1. The summed E-state index contributed by atoms with van der Waals surface area (Å²) in [6.45, 7) is 6.14. The van der Waals surface area contributed by atoms with Crippen molar-refractivity contribution in [1.82, 2.24) is 9.97 Å². The molecule has 0 saturated heterocycles. The average molecular weight is 592 g/mol. The number of rotatable bonds is 10. The molecule has 224 valence electrons. The van der Waals surface area contributed by atoms with E-state index >= 15 is 4.39 Å². The predicted molar refractivity (Wildman–Crippen MR) is 172 cm³/mol. The highest BCUT2D eigenvalue weighted by Crippen LogP contribution is 2.34. The first-order valence-electron chi connectivity index (χ1n) is 14.5. The predicted octanol–water partition coefficient (Wildman–Crippen LogP) is 7.38. The van der Waals surface area contributed by atoms with Gasteiger partial charge in [-0.3, -0.25) is 24.4 Å². The zero-order valence-corrected chi connectivity index (χ0v) is 24.9. The van der Waals surface area contributed by atoms with Gasteiger partial charge in [0.2, 0.25) is 5.91 Å². The molecule has 2 aromatic heterocycles. The molecule has 0 fully saturated rings. The molecule has 0 bridgehead atoms. The van der Waals surface area contributed by atoms with Gasteiger partial charge in [-0.25, -0.2) is 4.39 Å². The molecule has 0 saturated carbocycles. The highest BCUT2D eigenvalue weighted by atomic mass is 19.1. The molecule has 2 heterocycles. The van der Waals surface area contributed by atoms with E-state index < -0.39 is 17.5 Å². The van der Waals surface area contributed by atoms with Crippen molar-refractivity contribution in [3.63, 3.8) is 0 Å². The summed E-state index contributed by atoms with van der Waals surface area (Å²) < 4.78 is 17.2. The van der Waals surface area contributed by atoms with Crippen molar-refractivity contribution in [3.8, 4) is 0 Å². The number of amides is 3. The highest BCUT2D eigenvalue weighted by Gasteiger charge is 2.49. The van der Waals surface area contributed by atoms with Gasteiger partial charge in [-0.15, -0.1) is 0 Å². The van der Waals surface area contributed by atoms with Crippen LogP contribution in [0.25, 0.3) is 21.8 Å². The molecule has 3 aromatic carbocycles. The number of nitrogens with zero attached hydrogens (tertiary/aromatic N) is 2. The summed E-state index contributed by atoms with van der Waals surface area (Å²) in [4.78, 5) is 48.9. The molecule has 3 N–H and O–H groups in total. The summed E-state index contributed by atoms with van der Waals surface area (Å²) in [6, 6.07) is 23.0. The third-order valence-corrected chi connectivity index (χ3v) is 7.52. The number of fused-ring (bicyclic) bond motifs is 2. The number of carbonyl (C=O) groups is 3. The van der Waals surface area contributed by atoms with E-state index in [4.69, 9.17) is 0 Å². The van der Waals surface area contributed by atoms with Gasteiger partial charge >= 0.3 is 0 Å². The molecule has 8 nitrogen and oxygen atoms in total. The minimum Gasteiger partial charge on any atom is -0.326 e. The smallest absolute Gasteiger partial charge is 0.291 e. The standard InChI is InChI=1S/C35H34FN5O3/c1-4-19-34(2,3)22-29(42)39-26-17-15-25(16-18-26)35(36,32(43)40-27-13-5-9-23-11-7-20-37-30(23)27)33(44)41-28-14-6-10-24-12-8-21-38-31(24)28/h5-18,20-21H,4,19,22H2,1-3H3,(H,39,42)(H,40,43)(H,41,44). The molecule has 0 aliphatic carbocycles. The zero-order chi connectivity index (χ0) is 31.3. The third-order valence-electron chi connectivity index (χ3n) is 7.52. The number of para-hydroxylation sites is 2. The van der Waals surface area contributed by atoms with Gasteiger partial charge in [0.25, 0.3) is 17.5 Å². The minimum absolute atomic E-state index is 0.171. The molecule has 5 rings (SSSR count). The first-order valence-corrected chi connectivity index (χ1v) is 14.5. The quantitative estimate of drug-likeness (QED) is 0.147. The number of anilines is 3. The Kier molecular flexibility index (Phi) is 8.66. The second kappa shape index (κ2) is 12.6. The van der Waals surface area contributed by atoms with Gasteiger partial charge < -0.3 is 16.0 Å².